The fourth-order valence-corrected chi connectivity index (χ4v) is 4.83. The van der Waals surface area contributed by atoms with E-state index in [2.05, 4.69) is 59.0 Å². The standard InChI is InChI=1S/C12H7GeS2/c13-8-4-3-7-11-12(8)15-10-6-2-1-5-9(10)14-11/h1-7H. The Morgan fingerprint density at radius 3 is 2.20 bits per heavy atom. The number of fused-ring (bicyclic) bond motifs is 2. The van der Waals surface area contributed by atoms with E-state index in [1.807, 2.05) is 23.5 Å². The molecular weight excluding hydrogens is 281 g/mol. The van der Waals surface area contributed by atoms with E-state index in [1.54, 1.807) is 0 Å². The van der Waals surface area contributed by atoms with E-state index < -0.39 is 0 Å². The molecule has 2 aromatic carbocycles. The van der Waals surface area contributed by atoms with Gasteiger partial charge in [0, 0.05) is 0 Å². The van der Waals surface area contributed by atoms with Crippen molar-refractivity contribution >= 4 is 44.4 Å². The van der Waals surface area contributed by atoms with E-state index in [1.165, 1.54) is 24.0 Å². The molecule has 15 heavy (non-hydrogen) atoms. The molecule has 0 aromatic heterocycles. The van der Waals surface area contributed by atoms with Crippen LogP contribution in [0.25, 0.3) is 0 Å². The molecule has 0 saturated heterocycles. The van der Waals surface area contributed by atoms with Crippen LogP contribution in [0.15, 0.2) is 62.0 Å². The Hall–Kier alpha value is -0.317. The third-order valence-electron chi connectivity index (χ3n) is 2.26. The third-order valence-corrected chi connectivity index (χ3v) is 6.13. The molecule has 0 saturated carbocycles. The molecule has 71 valence electrons. The molecule has 0 nitrogen and oxygen atoms in total. The molecule has 1 aliphatic heterocycles. The summed E-state index contributed by atoms with van der Waals surface area (Å²) in [5, 5.41) is 0. The van der Waals surface area contributed by atoms with Gasteiger partial charge in [0.1, 0.15) is 0 Å². The van der Waals surface area contributed by atoms with Crippen LogP contribution in [0.1, 0.15) is 0 Å². The van der Waals surface area contributed by atoms with Crippen molar-refractivity contribution in [2.75, 3.05) is 0 Å². The number of benzene rings is 2. The maximum atomic E-state index is 2.20. The van der Waals surface area contributed by atoms with Crippen LogP contribution in [-0.4, -0.2) is 16.5 Å². The zero-order valence-electron chi connectivity index (χ0n) is 7.86. The van der Waals surface area contributed by atoms with Crippen LogP contribution >= 0.6 is 23.5 Å². The first-order valence-corrected chi connectivity index (χ1v) is 7.32. The minimum absolute atomic E-state index is 1.37. The molecule has 0 spiro atoms. The Labute approximate surface area is 106 Å². The van der Waals surface area contributed by atoms with Crippen LogP contribution in [0.3, 0.4) is 0 Å². The number of rotatable bonds is 0. The Kier molecular flexibility index (Phi) is 2.58. The van der Waals surface area contributed by atoms with Gasteiger partial charge in [-0.05, 0) is 0 Å². The second-order valence-corrected chi connectivity index (χ2v) is 6.55. The van der Waals surface area contributed by atoms with Crippen LogP contribution in [0, 0.1) is 0 Å². The molecule has 3 rings (SSSR count). The molecule has 0 unspecified atom stereocenters. The van der Waals surface area contributed by atoms with Crippen molar-refractivity contribution in [2.24, 2.45) is 0 Å². The molecule has 2 aromatic rings. The summed E-state index contributed by atoms with van der Waals surface area (Å²) in [5.74, 6) is 0. The third kappa shape index (κ3) is 1.75. The van der Waals surface area contributed by atoms with Gasteiger partial charge < -0.3 is 0 Å². The van der Waals surface area contributed by atoms with E-state index in [9.17, 15) is 0 Å². The molecule has 0 fully saturated rings. The van der Waals surface area contributed by atoms with Crippen molar-refractivity contribution in [2.45, 2.75) is 19.6 Å². The van der Waals surface area contributed by atoms with Crippen molar-refractivity contribution in [3.8, 4) is 0 Å². The van der Waals surface area contributed by atoms with E-state index in [-0.39, 0.29) is 0 Å². The number of hydrogen-bond donors (Lipinski definition) is 0. The van der Waals surface area contributed by atoms with Gasteiger partial charge in [-0.3, -0.25) is 0 Å². The average molecular weight is 288 g/mol. The monoisotopic (exact) mass is 289 g/mol. The second kappa shape index (κ2) is 3.92. The van der Waals surface area contributed by atoms with Gasteiger partial charge in [0.2, 0.25) is 0 Å². The fourth-order valence-electron chi connectivity index (χ4n) is 1.55. The summed E-state index contributed by atoms with van der Waals surface area (Å²) in [6, 6.07) is 15.1. The molecule has 3 heteroatoms. The Balaban J connectivity index is 2.15. The summed E-state index contributed by atoms with van der Waals surface area (Å²) in [5.41, 5.74) is 0. The summed E-state index contributed by atoms with van der Waals surface area (Å²) in [4.78, 5) is 5.56. The minimum atomic E-state index is 1.37. The average Bonchev–Trinajstić information content (AvgIpc) is 2.27. The predicted octanol–water partition coefficient (Wildman–Crippen LogP) is 3.10. The van der Waals surface area contributed by atoms with E-state index >= 15 is 0 Å². The number of hydrogen-bond acceptors (Lipinski definition) is 2. The first-order chi connectivity index (χ1) is 7.34. The molecule has 0 aliphatic carbocycles. The van der Waals surface area contributed by atoms with Gasteiger partial charge in [0.25, 0.3) is 0 Å². The van der Waals surface area contributed by atoms with Crippen LogP contribution in [0.5, 0.6) is 0 Å². The predicted molar refractivity (Wildman–Crippen MR) is 66.5 cm³/mol. The molecule has 0 amide bonds. The summed E-state index contributed by atoms with van der Waals surface area (Å²) in [6.07, 6.45) is 0. The quantitative estimate of drug-likeness (QED) is 0.583. The van der Waals surface area contributed by atoms with Gasteiger partial charge in [-0.2, -0.15) is 0 Å². The van der Waals surface area contributed by atoms with Crippen molar-refractivity contribution in [3.63, 3.8) is 0 Å². The second-order valence-electron chi connectivity index (χ2n) is 3.28. The molecule has 3 radical (unpaired) electrons. The van der Waals surface area contributed by atoms with Crippen molar-refractivity contribution in [3.05, 3.63) is 42.5 Å². The summed E-state index contributed by atoms with van der Waals surface area (Å²) in [7, 11) is 0. The first kappa shape index (κ1) is 9.88. The van der Waals surface area contributed by atoms with Crippen molar-refractivity contribution in [1.82, 2.24) is 0 Å². The molecule has 1 heterocycles. The van der Waals surface area contributed by atoms with Crippen molar-refractivity contribution in [1.29, 1.82) is 0 Å². The van der Waals surface area contributed by atoms with Gasteiger partial charge in [-0.25, -0.2) is 0 Å². The molecular formula is C12H7GeS2. The summed E-state index contributed by atoms with van der Waals surface area (Å²) in [6.45, 7) is 0. The van der Waals surface area contributed by atoms with Gasteiger partial charge in [-0.1, -0.05) is 0 Å². The normalized spacial score (nSPS) is 13.1. The van der Waals surface area contributed by atoms with E-state index in [0.29, 0.717) is 0 Å². The zero-order valence-corrected chi connectivity index (χ0v) is 11.6. The van der Waals surface area contributed by atoms with E-state index in [0.717, 1.165) is 0 Å². The molecule has 0 N–H and O–H groups in total. The molecule has 0 atom stereocenters. The molecule has 1 aliphatic rings. The van der Waals surface area contributed by atoms with Crippen LogP contribution in [0.2, 0.25) is 0 Å². The van der Waals surface area contributed by atoms with Crippen molar-refractivity contribution < 1.29 is 0 Å². The Bertz CT molecular complexity index is 523. The van der Waals surface area contributed by atoms with Crippen LogP contribution in [-0.2, 0) is 0 Å². The van der Waals surface area contributed by atoms with Gasteiger partial charge in [0.05, 0.1) is 0 Å². The van der Waals surface area contributed by atoms with Crippen LogP contribution in [0.4, 0.5) is 0 Å². The van der Waals surface area contributed by atoms with Gasteiger partial charge >= 0.3 is 106 Å². The first-order valence-electron chi connectivity index (χ1n) is 4.64. The SMILES string of the molecule is [Ge][c]1cccc2c1Sc1ccccc1S2. The Morgan fingerprint density at radius 1 is 0.733 bits per heavy atom. The summed E-state index contributed by atoms with van der Waals surface area (Å²) >= 11 is 5.94. The fraction of sp³-hybridized carbons (Fsp3) is 0. The topological polar surface area (TPSA) is 0 Å². The van der Waals surface area contributed by atoms with E-state index in [4.69, 9.17) is 0 Å². The summed E-state index contributed by atoms with van der Waals surface area (Å²) < 4.78 is 1.37. The Morgan fingerprint density at radius 2 is 1.40 bits per heavy atom. The van der Waals surface area contributed by atoms with Gasteiger partial charge in [0.15, 0.2) is 0 Å². The zero-order chi connectivity index (χ0) is 10.3. The molecule has 0 bridgehead atoms. The van der Waals surface area contributed by atoms with Gasteiger partial charge in [-0.15, -0.1) is 0 Å². The van der Waals surface area contributed by atoms with Crippen LogP contribution < -0.4 is 4.40 Å². The maximum absolute atomic E-state index is 2.20.